The van der Waals surface area contributed by atoms with Gasteiger partial charge in [-0.15, -0.1) is 0 Å². The van der Waals surface area contributed by atoms with Gasteiger partial charge in [-0.05, 0) is 37.1 Å². The molecule has 0 spiro atoms. The summed E-state index contributed by atoms with van der Waals surface area (Å²) in [5.41, 5.74) is 0.580. The number of benzene rings is 1. The smallest absolute Gasteiger partial charge is 0.352 e. The van der Waals surface area contributed by atoms with Crippen LogP contribution in [0.4, 0.5) is 0 Å². The number of rotatable bonds is 4. The summed E-state index contributed by atoms with van der Waals surface area (Å²) in [5.74, 6) is -1.32. The van der Waals surface area contributed by atoms with Crippen molar-refractivity contribution >= 4 is 5.97 Å². The van der Waals surface area contributed by atoms with E-state index in [1.807, 2.05) is 24.8 Å². The second kappa shape index (κ2) is 7.27. The molecule has 0 atom stereocenters. The van der Waals surface area contributed by atoms with Crippen molar-refractivity contribution in [1.82, 2.24) is 14.5 Å². The number of nitrogens with zero attached hydrogens (tertiary/aromatic N) is 2. The van der Waals surface area contributed by atoms with Gasteiger partial charge in [0, 0.05) is 19.6 Å². The number of aryl methyl sites for hydroxylation is 2. The number of aromatic nitrogens is 2. The van der Waals surface area contributed by atoms with E-state index in [1.165, 1.54) is 0 Å². The number of aromatic carboxylic acids is 1. The summed E-state index contributed by atoms with van der Waals surface area (Å²) in [6.45, 7) is 6.13. The molecule has 2 N–H and O–H groups in total. The van der Waals surface area contributed by atoms with Crippen molar-refractivity contribution in [2.45, 2.75) is 20.4 Å². The largest absolute Gasteiger partial charge is 0.477 e. The summed E-state index contributed by atoms with van der Waals surface area (Å²) < 4.78 is 6.29. The Balaban J connectivity index is 2.17. The summed E-state index contributed by atoms with van der Waals surface area (Å²) in [6, 6.07) is 5.38. The fraction of sp³-hybridized carbons (Fsp3) is 0.389. The van der Waals surface area contributed by atoms with E-state index in [9.17, 15) is 19.5 Å². The van der Waals surface area contributed by atoms with Crippen LogP contribution in [0.15, 0.2) is 27.8 Å². The molecule has 26 heavy (non-hydrogen) atoms. The van der Waals surface area contributed by atoms with Gasteiger partial charge in [0.1, 0.15) is 5.69 Å². The Kier molecular flexibility index (Phi) is 5.06. The Morgan fingerprint density at radius 3 is 2.35 bits per heavy atom. The van der Waals surface area contributed by atoms with Crippen molar-refractivity contribution in [1.29, 1.82) is 0 Å². The van der Waals surface area contributed by atoms with Gasteiger partial charge in [0.05, 0.1) is 24.5 Å². The van der Waals surface area contributed by atoms with E-state index < -0.39 is 17.2 Å². The normalized spacial score (nSPS) is 15.2. The van der Waals surface area contributed by atoms with Crippen LogP contribution >= 0.6 is 0 Å². The van der Waals surface area contributed by atoms with E-state index in [2.05, 4.69) is 4.98 Å². The number of nitrogens with one attached hydrogen (secondary N) is 1. The monoisotopic (exact) mass is 359 g/mol. The Bertz CT molecular complexity index is 934. The van der Waals surface area contributed by atoms with Crippen molar-refractivity contribution in [2.75, 3.05) is 26.3 Å². The van der Waals surface area contributed by atoms with Crippen LogP contribution in [-0.4, -0.2) is 51.8 Å². The molecule has 1 aliphatic rings. The number of hydrogen-bond donors (Lipinski definition) is 2. The van der Waals surface area contributed by atoms with Crippen LogP contribution < -0.4 is 11.2 Å². The molecule has 0 amide bonds. The third kappa shape index (κ3) is 3.61. The van der Waals surface area contributed by atoms with Gasteiger partial charge in [-0.25, -0.2) is 14.2 Å². The quantitative estimate of drug-likeness (QED) is 0.832. The van der Waals surface area contributed by atoms with Crippen LogP contribution in [0.1, 0.15) is 27.2 Å². The summed E-state index contributed by atoms with van der Waals surface area (Å²) in [6.07, 6.45) is 0. The SMILES string of the molecule is Cc1cc(C)cc(-n2c(=O)[nH]c(C(=O)O)c(CN3CCOCC3)c2=O)c1. The average molecular weight is 359 g/mol. The first-order chi connectivity index (χ1) is 12.4. The van der Waals surface area contributed by atoms with Crippen LogP contribution in [-0.2, 0) is 11.3 Å². The second-order valence-electron chi connectivity index (χ2n) is 6.46. The van der Waals surface area contributed by atoms with Crippen molar-refractivity contribution < 1.29 is 14.6 Å². The van der Waals surface area contributed by atoms with Gasteiger partial charge in [0.25, 0.3) is 5.56 Å². The zero-order chi connectivity index (χ0) is 18.8. The van der Waals surface area contributed by atoms with Gasteiger partial charge in [-0.1, -0.05) is 6.07 Å². The molecule has 0 bridgehead atoms. The Hall–Kier alpha value is -2.71. The molecule has 2 heterocycles. The molecule has 0 saturated carbocycles. The minimum atomic E-state index is -1.32. The highest BCUT2D eigenvalue weighted by Crippen LogP contribution is 2.12. The Labute approximate surface area is 149 Å². The second-order valence-corrected chi connectivity index (χ2v) is 6.46. The maximum absolute atomic E-state index is 13.0. The first-order valence-electron chi connectivity index (χ1n) is 8.37. The molecule has 8 nitrogen and oxygen atoms in total. The molecule has 8 heteroatoms. The lowest BCUT2D eigenvalue weighted by atomic mass is 10.1. The van der Waals surface area contributed by atoms with E-state index in [1.54, 1.807) is 12.1 Å². The predicted octanol–water partition coefficient (Wildman–Crippen LogP) is 0.673. The van der Waals surface area contributed by atoms with Gasteiger partial charge in [-0.2, -0.15) is 0 Å². The molecular weight excluding hydrogens is 338 g/mol. The number of H-pyrrole nitrogens is 1. The highest BCUT2D eigenvalue weighted by molar-refractivity contribution is 5.86. The van der Waals surface area contributed by atoms with Gasteiger partial charge in [0.15, 0.2) is 0 Å². The van der Waals surface area contributed by atoms with E-state index in [4.69, 9.17) is 4.74 Å². The van der Waals surface area contributed by atoms with Crippen molar-refractivity contribution in [3.8, 4) is 5.69 Å². The molecular formula is C18H21N3O5. The van der Waals surface area contributed by atoms with Gasteiger partial charge in [0.2, 0.25) is 0 Å². The molecule has 1 aromatic carbocycles. The number of carbonyl (C=O) groups is 1. The molecule has 0 unspecified atom stereocenters. The first kappa shape index (κ1) is 18.1. The molecule has 2 aromatic rings. The third-order valence-electron chi connectivity index (χ3n) is 4.36. The first-order valence-corrected chi connectivity index (χ1v) is 8.37. The van der Waals surface area contributed by atoms with Crippen LogP contribution in [0.25, 0.3) is 5.69 Å². The minimum Gasteiger partial charge on any atom is -0.477 e. The zero-order valence-electron chi connectivity index (χ0n) is 14.7. The van der Waals surface area contributed by atoms with Crippen LogP contribution in [0.5, 0.6) is 0 Å². The van der Waals surface area contributed by atoms with Crippen LogP contribution in [0.2, 0.25) is 0 Å². The van der Waals surface area contributed by atoms with Crippen molar-refractivity contribution in [3.63, 3.8) is 0 Å². The lowest BCUT2D eigenvalue weighted by molar-refractivity contribution is 0.0336. The summed E-state index contributed by atoms with van der Waals surface area (Å²) in [7, 11) is 0. The van der Waals surface area contributed by atoms with Crippen molar-refractivity contribution in [3.05, 3.63) is 61.4 Å². The lowest BCUT2D eigenvalue weighted by Gasteiger charge is -2.26. The average Bonchev–Trinajstić information content (AvgIpc) is 2.57. The summed E-state index contributed by atoms with van der Waals surface area (Å²) >= 11 is 0. The maximum atomic E-state index is 13.0. The van der Waals surface area contributed by atoms with Gasteiger partial charge in [-0.3, -0.25) is 9.69 Å². The number of carboxylic acids is 1. The molecule has 1 aliphatic heterocycles. The van der Waals surface area contributed by atoms with Gasteiger partial charge < -0.3 is 14.8 Å². The summed E-state index contributed by atoms with van der Waals surface area (Å²) in [4.78, 5) is 41.3. The number of ether oxygens (including phenoxy) is 1. The minimum absolute atomic E-state index is 0.0677. The fourth-order valence-electron chi connectivity index (χ4n) is 3.20. The Morgan fingerprint density at radius 1 is 1.15 bits per heavy atom. The topological polar surface area (TPSA) is 105 Å². The number of morpholine rings is 1. The fourth-order valence-corrected chi connectivity index (χ4v) is 3.20. The third-order valence-corrected chi connectivity index (χ3v) is 4.36. The number of carboxylic acid groups (broad SMARTS) is 1. The lowest BCUT2D eigenvalue weighted by Crippen LogP contribution is -2.42. The maximum Gasteiger partial charge on any atom is 0.352 e. The van der Waals surface area contributed by atoms with Crippen molar-refractivity contribution in [2.24, 2.45) is 0 Å². The Morgan fingerprint density at radius 2 is 1.77 bits per heavy atom. The molecule has 138 valence electrons. The van der Waals surface area contributed by atoms with E-state index in [0.29, 0.717) is 32.0 Å². The predicted molar refractivity (Wildman–Crippen MR) is 95.2 cm³/mol. The molecule has 1 fully saturated rings. The molecule has 0 radical (unpaired) electrons. The highest BCUT2D eigenvalue weighted by atomic mass is 16.5. The molecule has 0 aliphatic carbocycles. The molecule has 3 rings (SSSR count). The van der Waals surface area contributed by atoms with E-state index >= 15 is 0 Å². The standard InChI is InChI=1S/C18H21N3O5/c1-11-7-12(2)9-13(8-11)21-16(22)14(10-20-3-5-26-6-4-20)15(17(23)24)19-18(21)25/h7-9H,3-6,10H2,1-2H3,(H,19,25)(H,23,24). The van der Waals surface area contributed by atoms with Crippen LogP contribution in [0.3, 0.4) is 0 Å². The van der Waals surface area contributed by atoms with E-state index in [0.717, 1.165) is 15.7 Å². The number of aromatic amines is 1. The zero-order valence-corrected chi connectivity index (χ0v) is 14.7. The van der Waals surface area contributed by atoms with Crippen LogP contribution in [0, 0.1) is 13.8 Å². The molecule has 1 saturated heterocycles. The molecule has 1 aromatic heterocycles. The highest BCUT2D eigenvalue weighted by Gasteiger charge is 2.23. The summed E-state index contributed by atoms with van der Waals surface area (Å²) in [5, 5.41) is 9.43. The van der Waals surface area contributed by atoms with E-state index in [-0.39, 0.29) is 17.8 Å². The van der Waals surface area contributed by atoms with Gasteiger partial charge >= 0.3 is 11.7 Å². The number of hydrogen-bond acceptors (Lipinski definition) is 5.